The Balaban J connectivity index is 0.000000420. The van der Waals surface area contributed by atoms with Gasteiger partial charge >= 0.3 is 55.0 Å². The maximum Gasteiger partial charge on any atom is 0.534 e. The summed E-state index contributed by atoms with van der Waals surface area (Å²) in [6.45, 7) is 2.03. The number of allylic oxidation sites excluding steroid dienone is 4. The van der Waals surface area contributed by atoms with Crippen LogP contribution in [0.5, 0.6) is 0 Å². The summed E-state index contributed by atoms with van der Waals surface area (Å²) >= 11 is 0. The smallest absolute Gasteiger partial charge is 0.462 e. The molecule has 0 heterocycles. The molecule has 0 aromatic heterocycles. The lowest BCUT2D eigenvalue weighted by Gasteiger charge is -2.21. The minimum atomic E-state index is -5.91. The van der Waals surface area contributed by atoms with Crippen LogP contribution in [0.1, 0.15) is 39.5 Å². The highest BCUT2D eigenvalue weighted by molar-refractivity contribution is 7.88. The van der Waals surface area contributed by atoms with E-state index in [2.05, 4.69) is 17.8 Å². The van der Waals surface area contributed by atoms with E-state index in [-0.39, 0.29) is 13.2 Å². The first-order chi connectivity index (χ1) is 18.8. The molecule has 0 aromatic carbocycles. The number of esters is 2. The Labute approximate surface area is 231 Å². The van der Waals surface area contributed by atoms with Gasteiger partial charge in [-0.15, -0.1) is 0 Å². The standard InChI is InChI=1S/2C10H11F5O5S/c2*1-2-19-8(16)9(11,12)6-3-4-7(5-6)20-21(17,18)10(13,14)15/h5-6H,2-4H2,1H3;4,6H,2-3,5H2,1H3. The zero-order valence-corrected chi connectivity index (χ0v) is 22.9. The van der Waals surface area contributed by atoms with E-state index in [1.807, 2.05) is 0 Å². The average Bonchev–Trinajstić information content (AvgIpc) is 3.48. The normalized spacial score (nSPS) is 20.1. The van der Waals surface area contributed by atoms with E-state index >= 15 is 0 Å². The van der Waals surface area contributed by atoms with Crippen LogP contribution in [0, 0.1) is 11.8 Å². The van der Waals surface area contributed by atoms with E-state index in [0.717, 1.165) is 6.08 Å². The molecule has 2 atom stereocenters. The Bertz CT molecular complexity index is 1270. The highest BCUT2D eigenvalue weighted by Gasteiger charge is 2.54. The Hall–Kier alpha value is -2.78. The highest BCUT2D eigenvalue weighted by atomic mass is 32.2. The SMILES string of the molecule is CCOC(=O)C(F)(F)C1C=C(OS(=O)(=O)C(F)(F)F)CC1.CCOC(=O)C(F)(F)C1CC=C(OS(=O)(=O)C(F)(F)F)C1. The van der Waals surface area contributed by atoms with E-state index < -0.39 is 104 Å². The lowest BCUT2D eigenvalue weighted by Crippen LogP contribution is -2.38. The van der Waals surface area contributed by atoms with Gasteiger partial charge in [0.1, 0.15) is 11.5 Å². The summed E-state index contributed by atoms with van der Waals surface area (Å²) < 4.78 is 186. The van der Waals surface area contributed by atoms with Crippen LogP contribution in [0.25, 0.3) is 0 Å². The van der Waals surface area contributed by atoms with Gasteiger partial charge in [0, 0.05) is 18.8 Å². The number of halogens is 10. The molecule has 0 saturated heterocycles. The number of ether oxygens (including phenoxy) is 2. The number of hydrogen-bond acceptors (Lipinski definition) is 10. The Morgan fingerprint density at radius 3 is 1.62 bits per heavy atom. The molecule has 0 amide bonds. The fraction of sp³-hybridized carbons (Fsp3) is 0.700. The number of hydrogen-bond donors (Lipinski definition) is 0. The van der Waals surface area contributed by atoms with Crippen LogP contribution < -0.4 is 0 Å². The molecule has 0 bridgehead atoms. The lowest BCUT2D eigenvalue weighted by atomic mass is 9.99. The van der Waals surface area contributed by atoms with E-state index in [9.17, 15) is 70.3 Å². The zero-order chi connectivity index (χ0) is 32.9. The summed E-state index contributed by atoms with van der Waals surface area (Å²) in [4.78, 5) is 22.1. The first-order valence-corrected chi connectivity index (χ1v) is 14.2. The van der Waals surface area contributed by atoms with Crippen molar-refractivity contribution in [3.63, 3.8) is 0 Å². The summed E-state index contributed by atoms with van der Waals surface area (Å²) in [7, 11) is -11.8. The minimum absolute atomic E-state index is 0.291. The van der Waals surface area contributed by atoms with Crippen LogP contribution in [0.2, 0.25) is 0 Å². The van der Waals surface area contributed by atoms with E-state index in [4.69, 9.17) is 0 Å². The summed E-state index contributed by atoms with van der Waals surface area (Å²) in [5, 5.41) is 0. The molecule has 0 aliphatic heterocycles. The average molecular weight is 677 g/mol. The first kappa shape index (κ1) is 37.2. The number of alkyl halides is 10. The summed E-state index contributed by atoms with van der Waals surface area (Å²) in [5.74, 6) is -16.6. The summed E-state index contributed by atoms with van der Waals surface area (Å²) in [6.07, 6.45) is -0.944. The Morgan fingerprint density at radius 1 is 0.762 bits per heavy atom. The van der Waals surface area contributed by atoms with Gasteiger partial charge in [0.05, 0.1) is 19.1 Å². The van der Waals surface area contributed by atoms with Crippen molar-refractivity contribution >= 4 is 32.2 Å². The highest BCUT2D eigenvalue weighted by Crippen LogP contribution is 2.41. The monoisotopic (exact) mass is 676 g/mol. The maximum atomic E-state index is 13.6. The van der Waals surface area contributed by atoms with Gasteiger partial charge in [-0.2, -0.15) is 60.7 Å². The summed E-state index contributed by atoms with van der Waals surface area (Å²) in [6, 6.07) is 0. The fourth-order valence-corrected chi connectivity index (χ4v) is 4.25. The van der Waals surface area contributed by atoms with Crippen LogP contribution in [-0.2, 0) is 47.7 Å². The van der Waals surface area contributed by atoms with E-state index in [1.165, 1.54) is 13.8 Å². The molecule has 0 N–H and O–H groups in total. The molecule has 0 radical (unpaired) electrons. The molecule has 22 heteroatoms. The molecule has 0 fully saturated rings. The second-order valence-corrected chi connectivity index (χ2v) is 11.3. The molecular weight excluding hydrogens is 654 g/mol. The van der Waals surface area contributed by atoms with Crippen molar-refractivity contribution < 1.29 is 88.2 Å². The lowest BCUT2D eigenvalue weighted by molar-refractivity contribution is -0.179. The van der Waals surface area contributed by atoms with Gasteiger partial charge in [-0.3, -0.25) is 0 Å². The fourth-order valence-electron chi connectivity index (χ4n) is 3.22. The van der Waals surface area contributed by atoms with Crippen molar-refractivity contribution in [1.82, 2.24) is 0 Å². The third kappa shape index (κ3) is 9.11. The van der Waals surface area contributed by atoms with Gasteiger partial charge in [-0.05, 0) is 38.8 Å². The molecule has 2 aliphatic rings. The van der Waals surface area contributed by atoms with E-state index in [0.29, 0.717) is 6.08 Å². The molecule has 2 rings (SSSR count). The maximum absolute atomic E-state index is 13.6. The third-order valence-corrected chi connectivity index (χ3v) is 7.24. The predicted octanol–water partition coefficient (Wildman–Crippen LogP) is 4.69. The van der Waals surface area contributed by atoms with Gasteiger partial charge in [-0.25, -0.2) is 9.59 Å². The van der Waals surface area contributed by atoms with Crippen molar-refractivity contribution in [2.24, 2.45) is 11.8 Å². The molecule has 2 aliphatic carbocycles. The van der Waals surface area contributed by atoms with Crippen molar-refractivity contribution in [2.45, 2.75) is 62.4 Å². The number of rotatable bonds is 10. The molecule has 2 unspecified atom stereocenters. The topological polar surface area (TPSA) is 139 Å². The molecule has 0 aromatic rings. The van der Waals surface area contributed by atoms with Crippen LogP contribution in [0.15, 0.2) is 23.7 Å². The van der Waals surface area contributed by atoms with Gasteiger partial charge in [0.25, 0.3) is 0 Å². The predicted molar refractivity (Wildman–Crippen MR) is 117 cm³/mol. The van der Waals surface area contributed by atoms with Crippen LogP contribution in [-0.4, -0.2) is 64.8 Å². The minimum Gasteiger partial charge on any atom is -0.462 e. The molecule has 244 valence electrons. The van der Waals surface area contributed by atoms with E-state index in [1.54, 1.807) is 0 Å². The number of carbonyl (C=O) groups excluding carboxylic acids is 2. The second kappa shape index (κ2) is 13.2. The largest absolute Gasteiger partial charge is 0.534 e. The quantitative estimate of drug-likeness (QED) is 0.139. The molecule has 0 saturated carbocycles. The summed E-state index contributed by atoms with van der Waals surface area (Å²) in [5.41, 5.74) is -11.3. The number of carbonyl (C=O) groups is 2. The molecular formula is C20H22F10O10S2. The van der Waals surface area contributed by atoms with Crippen molar-refractivity contribution in [3.05, 3.63) is 23.7 Å². The van der Waals surface area contributed by atoms with Crippen LogP contribution in [0.4, 0.5) is 43.9 Å². The Kier molecular flexibility index (Phi) is 11.7. The molecule has 0 spiro atoms. The van der Waals surface area contributed by atoms with Crippen LogP contribution in [0.3, 0.4) is 0 Å². The second-order valence-electron chi connectivity index (χ2n) is 8.24. The molecule has 42 heavy (non-hydrogen) atoms. The van der Waals surface area contributed by atoms with Crippen molar-refractivity contribution in [3.8, 4) is 0 Å². The first-order valence-electron chi connectivity index (χ1n) is 11.3. The third-order valence-electron chi connectivity index (χ3n) is 5.24. The molecule has 10 nitrogen and oxygen atoms in total. The van der Waals surface area contributed by atoms with Gasteiger partial charge < -0.3 is 17.8 Å². The van der Waals surface area contributed by atoms with Crippen molar-refractivity contribution in [2.75, 3.05) is 13.2 Å². The zero-order valence-electron chi connectivity index (χ0n) is 21.2. The van der Waals surface area contributed by atoms with Crippen LogP contribution >= 0.6 is 0 Å². The Morgan fingerprint density at radius 2 is 1.19 bits per heavy atom. The van der Waals surface area contributed by atoms with Gasteiger partial charge in [0.15, 0.2) is 0 Å². The van der Waals surface area contributed by atoms with Crippen molar-refractivity contribution in [1.29, 1.82) is 0 Å². The van der Waals surface area contributed by atoms with Gasteiger partial charge in [0.2, 0.25) is 0 Å². The van der Waals surface area contributed by atoms with Gasteiger partial charge in [-0.1, -0.05) is 0 Å².